The highest BCUT2D eigenvalue weighted by molar-refractivity contribution is 5.93. The number of rotatable bonds is 9. The zero-order valence-corrected chi connectivity index (χ0v) is 20.7. The van der Waals surface area contributed by atoms with Crippen molar-refractivity contribution in [2.24, 2.45) is 17.6 Å². The maximum atomic E-state index is 7.05. The summed E-state index contributed by atoms with van der Waals surface area (Å²) in [5.41, 5.74) is 8.50. The Bertz CT molecular complexity index is 1060. The molecule has 4 unspecified atom stereocenters. The van der Waals surface area contributed by atoms with Crippen LogP contribution in [0.1, 0.15) is 57.4 Å². The Morgan fingerprint density at radius 3 is 2.74 bits per heavy atom. The van der Waals surface area contributed by atoms with Crippen LogP contribution in [0.15, 0.2) is 72.8 Å². The molecule has 180 valence electrons. The van der Waals surface area contributed by atoms with Gasteiger partial charge < -0.3 is 15.4 Å². The third-order valence-electron chi connectivity index (χ3n) is 8.16. The molecular weight excluding hydrogens is 416 g/mol. The van der Waals surface area contributed by atoms with Crippen molar-refractivity contribution in [2.45, 2.75) is 63.6 Å². The van der Waals surface area contributed by atoms with Crippen LogP contribution in [0.4, 0.5) is 0 Å². The highest BCUT2D eigenvalue weighted by atomic mass is 16.5. The van der Waals surface area contributed by atoms with Gasteiger partial charge in [0.1, 0.15) is 0 Å². The van der Waals surface area contributed by atoms with E-state index < -0.39 is 0 Å². The maximum absolute atomic E-state index is 7.05. The number of hydrogen-bond acceptors (Lipinski definition) is 3. The van der Waals surface area contributed by atoms with Crippen LogP contribution in [-0.2, 0) is 4.74 Å². The van der Waals surface area contributed by atoms with Crippen molar-refractivity contribution in [3.63, 3.8) is 0 Å². The normalized spacial score (nSPS) is 28.2. The zero-order chi connectivity index (χ0) is 23.4. The molecule has 5 rings (SSSR count). The molecule has 34 heavy (non-hydrogen) atoms. The van der Waals surface area contributed by atoms with Crippen molar-refractivity contribution in [3.05, 3.63) is 78.4 Å². The van der Waals surface area contributed by atoms with Gasteiger partial charge in [0.05, 0.1) is 11.7 Å². The van der Waals surface area contributed by atoms with E-state index in [4.69, 9.17) is 10.5 Å². The molecule has 2 aliphatic carbocycles. The summed E-state index contributed by atoms with van der Waals surface area (Å²) in [5, 5.41) is 2.63. The SMILES string of the molecule is CC/C=C(/c1cccc2ccccc12)N(CCCCN)CC12CC=CCC1C1CC=CCC1O2. The van der Waals surface area contributed by atoms with Crippen molar-refractivity contribution >= 4 is 16.5 Å². The largest absolute Gasteiger partial charge is 0.369 e. The van der Waals surface area contributed by atoms with E-state index in [-0.39, 0.29) is 5.60 Å². The number of benzene rings is 2. The van der Waals surface area contributed by atoms with E-state index in [9.17, 15) is 0 Å². The minimum Gasteiger partial charge on any atom is -0.369 e. The van der Waals surface area contributed by atoms with E-state index in [0.717, 1.165) is 58.2 Å². The maximum Gasteiger partial charge on any atom is 0.0929 e. The van der Waals surface area contributed by atoms with E-state index in [0.29, 0.717) is 17.9 Å². The van der Waals surface area contributed by atoms with E-state index in [2.05, 4.69) is 84.7 Å². The van der Waals surface area contributed by atoms with Crippen LogP contribution in [0.5, 0.6) is 0 Å². The van der Waals surface area contributed by atoms with Crippen molar-refractivity contribution in [3.8, 4) is 0 Å². The summed E-state index contributed by atoms with van der Waals surface area (Å²) in [7, 11) is 0. The zero-order valence-electron chi connectivity index (χ0n) is 20.7. The number of nitrogens with two attached hydrogens (primary N) is 1. The molecule has 0 spiro atoms. The van der Waals surface area contributed by atoms with Gasteiger partial charge in [-0.2, -0.15) is 0 Å². The summed E-state index contributed by atoms with van der Waals surface area (Å²) in [5.74, 6) is 1.25. The predicted molar refractivity (Wildman–Crippen MR) is 143 cm³/mol. The molecule has 0 amide bonds. The lowest BCUT2D eigenvalue weighted by Crippen LogP contribution is -2.48. The molecule has 2 aromatic rings. The van der Waals surface area contributed by atoms with Crippen molar-refractivity contribution in [1.82, 2.24) is 4.90 Å². The first-order chi connectivity index (χ1) is 16.8. The first-order valence-corrected chi connectivity index (χ1v) is 13.4. The van der Waals surface area contributed by atoms with E-state index in [1.165, 1.54) is 28.5 Å². The predicted octanol–water partition coefficient (Wildman–Crippen LogP) is 6.70. The summed E-state index contributed by atoms with van der Waals surface area (Å²) in [6.07, 6.45) is 19.9. The first-order valence-electron chi connectivity index (χ1n) is 13.4. The van der Waals surface area contributed by atoms with Crippen LogP contribution in [-0.4, -0.2) is 36.2 Å². The van der Waals surface area contributed by atoms with Crippen molar-refractivity contribution < 1.29 is 4.74 Å². The fourth-order valence-corrected chi connectivity index (χ4v) is 6.59. The lowest BCUT2D eigenvalue weighted by atomic mass is 9.70. The molecule has 1 saturated heterocycles. The minimum absolute atomic E-state index is 0.101. The van der Waals surface area contributed by atoms with Gasteiger partial charge in [-0.1, -0.05) is 79.8 Å². The molecule has 3 nitrogen and oxygen atoms in total. The highest BCUT2D eigenvalue weighted by Gasteiger charge is 2.54. The molecule has 1 heterocycles. The monoisotopic (exact) mass is 456 g/mol. The summed E-state index contributed by atoms with van der Waals surface area (Å²) >= 11 is 0. The Labute approximate surface area is 205 Å². The van der Waals surface area contributed by atoms with Gasteiger partial charge in [-0.3, -0.25) is 0 Å². The van der Waals surface area contributed by atoms with Gasteiger partial charge in [-0.05, 0) is 74.1 Å². The topological polar surface area (TPSA) is 38.5 Å². The minimum atomic E-state index is -0.101. The molecule has 2 aromatic carbocycles. The standard InChI is InChI=1S/C31H40N2O/c1-2-12-29(26-17-11-14-24-13-3-4-15-25(24)26)33(22-10-9-21-32)23-31-20-8-7-18-28(31)27-16-5-6-19-30(27)34-31/h3-8,11-15,17,27-28,30H,2,9-10,16,18-23,32H2,1H3/b29-12-. The third-order valence-corrected chi connectivity index (χ3v) is 8.16. The van der Waals surface area contributed by atoms with Gasteiger partial charge in [0.25, 0.3) is 0 Å². The summed E-state index contributed by atoms with van der Waals surface area (Å²) in [6, 6.07) is 15.5. The Hall–Kier alpha value is -2.36. The van der Waals surface area contributed by atoms with Crippen molar-refractivity contribution in [1.29, 1.82) is 0 Å². The van der Waals surface area contributed by atoms with Crippen LogP contribution < -0.4 is 5.73 Å². The second kappa shape index (κ2) is 10.5. The van der Waals surface area contributed by atoms with E-state index >= 15 is 0 Å². The van der Waals surface area contributed by atoms with Crippen molar-refractivity contribution in [2.75, 3.05) is 19.6 Å². The fourth-order valence-electron chi connectivity index (χ4n) is 6.59. The second-order valence-electron chi connectivity index (χ2n) is 10.3. The Morgan fingerprint density at radius 2 is 1.85 bits per heavy atom. The van der Waals surface area contributed by atoms with Crippen LogP contribution >= 0.6 is 0 Å². The number of hydrogen-bond donors (Lipinski definition) is 1. The van der Waals surface area contributed by atoms with Gasteiger partial charge in [-0.25, -0.2) is 0 Å². The lowest BCUT2D eigenvalue weighted by molar-refractivity contribution is -0.0704. The van der Waals surface area contributed by atoms with Gasteiger partial charge in [0, 0.05) is 24.4 Å². The Kier molecular flexibility index (Phi) is 7.22. The summed E-state index contributed by atoms with van der Waals surface area (Å²) in [6.45, 7) is 4.97. The number of fused-ring (bicyclic) bond motifs is 4. The van der Waals surface area contributed by atoms with Gasteiger partial charge >= 0.3 is 0 Å². The van der Waals surface area contributed by atoms with Gasteiger partial charge in [0.15, 0.2) is 0 Å². The molecule has 4 atom stereocenters. The quantitative estimate of drug-likeness (QED) is 0.337. The van der Waals surface area contributed by atoms with E-state index in [1.807, 2.05) is 0 Å². The van der Waals surface area contributed by atoms with Crippen LogP contribution in [0, 0.1) is 11.8 Å². The molecule has 0 saturated carbocycles. The van der Waals surface area contributed by atoms with Crippen LogP contribution in [0.2, 0.25) is 0 Å². The highest BCUT2D eigenvalue weighted by Crippen LogP contribution is 2.51. The number of nitrogens with zero attached hydrogens (tertiary/aromatic N) is 1. The third kappa shape index (κ3) is 4.48. The molecule has 0 radical (unpaired) electrons. The number of allylic oxidation sites excluding steroid dienone is 3. The number of ether oxygens (including phenoxy) is 1. The molecule has 1 fully saturated rings. The molecule has 1 aliphatic heterocycles. The van der Waals surface area contributed by atoms with Gasteiger partial charge in [-0.15, -0.1) is 0 Å². The average molecular weight is 457 g/mol. The fraction of sp³-hybridized carbons (Fsp3) is 0.484. The Morgan fingerprint density at radius 1 is 1.03 bits per heavy atom. The molecule has 2 N–H and O–H groups in total. The lowest BCUT2D eigenvalue weighted by Gasteiger charge is -2.42. The first kappa shape index (κ1) is 23.4. The van der Waals surface area contributed by atoms with Crippen LogP contribution in [0.3, 0.4) is 0 Å². The molecule has 3 heteroatoms. The molecule has 0 bridgehead atoms. The molecular formula is C31H40N2O. The van der Waals surface area contributed by atoms with Gasteiger partial charge in [0.2, 0.25) is 0 Å². The molecule has 0 aromatic heterocycles. The van der Waals surface area contributed by atoms with E-state index in [1.54, 1.807) is 0 Å². The Balaban J connectivity index is 1.52. The molecule has 3 aliphatic rings. The summed E-state index contributed by atoms with van der Waals surface area (Å²) < 4.78 is 7.05. The summed E-state index contributed by atoms with van der Waals surface area (Å²) in [4.78, 5) is 2.65. The van der Waals surface area contributed by atoms with Crippen LogP contribution in [0.25, 0.3) is 16.5 Å². The average Bonchev–Trinajstić information content (AvgIpc) is 3.21. The smallest absolute Gasteiger partial charge is 0.0929 e. The second-order valence-corrected chi connectivity index (χ2v) is 10.3. The number of unbranched alkanes of at least 4 members (excludes halogenated alkanes) is 1.